The van der Waals surface area contributed by atoms with Crippen molar-refractivity contribution in [3.8, 4) is 5.75 Å². The van der Waals surface area contributed by atoms with Crippen LogP contribution in [-0.4, -0.2) is 39.1 Å². The molecule has 1 heterocycles. The minimum absolute atomic E-state index is 0. The summed E-state index contributed by atoms with van der Waals surface area (Å²) in [5.74, 6) is 0.919. The van der Waals surface area contributed by atoms with Gasteiger partial charge in [-0.2, -0.15) is 0 Å². The van der Waals surface area contributed by atoms with Gasteiger partial charge in [-0.05, 0) is 56.5 Å². The maximum absolute atomic E-state index is 12.2. The fourth-order valence-electron chi connectivity index (χ4n) is 2.81. The average molecular weight is 356 g/mol. The van der Waals surface area contributed by atoms with E-state index in [1.165, 1.54) is 0 Å². The van der Waals surface area contributed by atoms with Crippen molar-refractivity contribution in [3.63, 3.8) is 0 Å². The number of methoxy groups -OCH3 is 1. The second-order valence-electron chi connectivity index (χ2n) is 5.77. The van der Waals surface area contributed by atoms with E-state index in [9.17, 15) is 9.59 Å². The van der Waals surface area contributed by atoms with Crippen molar-refractivity contribution < 1.29 is 14.3 Å². The minimum Gasteiger partial charge on any atom is -0.495 e. The molecule has 1 fully saturated rings. The third-order valence-corrected chi connectivity index (χ3v) is 4.20. The number of hydrogen-bond donors (Lipinski definition) is 3. The van der Waals surface area contributed by atoms with Gasteiger partial charge in [0.05, 0.1) is 12.8 Å². The first-order chi connectivity index (χ1) is 11.1. The molecule has 7 heteroatoms. The molecule has 3 N–H and O–H groups in total. The monoisotopic (exact) mass is 355 g/mol. The summed E-state index contributed by atoms with van der Waals surface area (Å²) >= 11 is 0. The van der Waals surface area contributed by atoms with Crippen LogP contribution in [-0.2, 0) is 4.79 Å². The van der Waals surface area contributed by atoms with Crippen molar-refractivity contribution in [1.29, 1.82) is 0 Å². The van der Waals surface area contributed by atoms with E-state index < -0.39 is 0 Å². The van der Waals surface area contributed by atoms with Gasteiger partial charge in [-0.1, -0.05) is 0 Å². The Kier molecular flexibility index (Phi) is 8.57. The Morgan fingerprint density at radius 3 is 2.62 bits per heavy atom. The van der Waals surface area contributed by atoms with Gasteiger partial charge in [0.15, 0.2) is 0 Å². The lowest BCUT2D eigenvalue weighted by molar-refractivity contribution is -0.116. The summed E-state index contributed by atoms with van der Waals surface area (Å²) in [5.41, 5.74) is 1.02. The molecule has 0 atom stereocenters. The molecule has 134 valence electrons. The van der Waals surface area contributed by atoms with E-state index in [1.54, 1.807) is 32.4 Å². The summed E-state index contributed by atoms with van der Waals surface area (Å²) in [6.45, 7) is 2.07. The lowest BCUT2D eigenvalue weighted by atomic mass is 9.93. The van der Waals surface area contributed by atoms with Crippen LogP contribution in [0.1, 0.15) is 36.0 Å². The zero-order valence-corrected chi connectivity index (χ0v) is 15.0. The number of hydrogen-bond acceptors (Lipinski definition) is 4. The molecule has 0 aliphatic carbocycles. The summed E-state index contributed by atoms with van der Waals surface area (Å²) in [6, 6.07) is 5.00. The number of anilines is 1. The van der Waals surface area contributed by atoms with Crippen molar-refractivity contribution in [1.82, 2.24) is 10.6 Å². The van der Waals surface area contributed by atoms with Crippen LogP contribution >= 0.6 is 12.4 Å². The Morgan fingerprint density at radius 2 is 2.00 bits per heavy atom. The third-order valence-electron chi connectivity index (χ3n) is 4.20. The SMILES string of the molecule is CNC(=O)c1ccc(OC)c(NC(=O)CCC2CCNCC2)c1.Cl. The number of halogens is 1. The summed E-state index contributed by atoms with van der Waals surface area (Å²) in [5, 5.41) is 8.75. The van der Waals surface area contributed by atoms with Crippen molar-refractivity contribution >= 4 is 29.9 Å². The van der Waals surface area contributed by atoms with Gasteiger partial charge in [-0.3, -0.25) is 9.59 Å². The highest BCUT2D eigenvalue weighted by Gasteiger charge is 2.16. The number of rotatable bonds is 6. The maximum atomic E-state index is 12.2. The van der Waals surface area contributed by atoms with Crippen LogP contribution < -0.4 is 20.7 Å². The summed E-state index contributed by atoms with van der Waals surface area (Å²) in [6.07, 6.45) is 3.63. The molecule has 0 spiro atoms. The van der Waals surface area contributed by atoms with Crippen molar-refractivity contribution in [2.75, 3.05) is 32.6 Å². The standard InChI is InChI=1S/C17H25N3O3.ClH/c1-18-17(22)13-4-5-15(23-2)14(11-13)20-16(21)6-3-12-7-9-19-10-8-12;/h4-5,11-12,19H,3,6-10H2,1-2H3,(H,18,22)(H,20,21);1H. The summed E-state index contributed by atoms with van der Waals surface area (Å²) in [7, 11) is 3.11. The molecule has 1 aromatic rings. The highest BCUT2D eigenvalue weighted by molar-refractivity contribution is 5.98. The first-order valence-electron chi connectivity index (χ1n) is 8.04. The molecular formula is C17H26ClN3O3. The van der Waals surface area contributed by atoms with Crippen LogP contribution in [0.5, 0.6) is 5.75 Å². The summed E-state index contributed by atoms with van der Waals surface area (Å²) < 4.78 is 5.25. The first-order valence-corrected chi connectivity index (χ1v) is 8.04. The fourth-order valence-corrected chi connectivity index (χ4v) is 2.81. The molecule has 0 saturated carbocycles. The third kappa shape index (κ3) is 5.69. The Morgan fingerprint density at radius 1 is 1.29 bits per heavy atom. The Bertz CT molecular complexity index is 560. The van der Waals surface area contributed by atoms with Gasteiger partial charge in [0.2, 0.25) is 5.91 Å². The lowest BCUT2D eigenvalue weighted by Crippen LogP contribution is -2.28. The zero-order chi connectivity index (χ0) is 16.7. The minimum atomic E-state index is -0.196. The first kappa shape index (κ1) is 20.3. The number of carbonyl (C=O) groups is 2. The smallest absolute Gasteiger partial charge is 0.251 e. The van der Waals surface area contributed by atoms with Gasteiger partial charge < -0.3 is 20.7 Å². The number of carbonyl (C=O) groups excluding carboxylic acids is 2. The van der Waals surface area contributed by atoms with Gasteiger partial charge in [0, 0.05) is 19.0 Å². The van der Waals surface area contributed by atoms with Crippen LogP contribution in [0.2, 0.25) is 0 Å². The Labute approximate surface area is 149 Å². The molecule has 2 amide bonds. The molecule has 1 saturated heterocycles. The number of piperidine rings is 1. The molecule has 0 bridgehead atoms. The Hall–Kier alpha value is -1.79. The molecule has 0 aromatic heterocycles. The molecule has 2 rings (SSSR count). The topological polar surface area (TPSA) is 79.5 Å². The van der Waals surface area contributed by atoms with E-state index >= 15 is 0 Å². The largest absolute Gasteiger partial charge is 0.495 e. The normalized spacial score (nSPS) is 14.4. The van der Waals surface area contributed by atoms with E-state index in [4.69, 9.17) is 4.74 Å². The molecule has 1 aliphatic rings. The highest BCUT2D eigenvalue weighted by atomic mass is 35.5. The summed E-state index contributed by atoms with van der Waals surface area (Å²) in [4.78, 5) is 23.9. The van der Waals surface area contributed by atoms with Gasteiger partial charge in [-0.15, -0.1) is 12.4 Å². The molecule has 24 heavy (non-hydrogen) atoms. The quantitative estimate of drug-likeness (QED) is 0.730. The number of amides is 2. The highest BCUT2D eigenvalue weighted by Crippen LogP contribution is 2.26. The van der Waals surface area contributed by atoms with Crippen LogP contribution in [0.3, 0.4) is 0 Å². The average Bonchev–Trinajstić information content (AvgIpc) is 2.60. The molecule has 0 radical (unpaired) electrons. The maximum Gasteiger partial charge on any atom is 0.251 e. The van der Waals surface area contributed by atoms with E-state index in [0.717, 1.165) is 32.4 Å². The lowest BCUT2D eigenvalue weighted by Gasteiger charge is -2.22. The second kappa shape index (κ2) is 10.2. The van der Waals surface area contributed by atoms with Gasteiger partial charge >= 0.3 is 0 Å². The predicted octanol–water partition coefficient (Wildman–Crippen LogP) is 2.19. The van der Waals surface area contributed by atoms with Crippen LogP contribution in [0.15, 0.2) is 18.2 Å². The predicted molar refractivity (Wildman–Crippen MR) is 97.1 cm³/mol. The molecular weight excluding hydrogens is 330 g/mol. The van der Waals surface area contributed by atoms with E-state index in [1.807, 2.05) is 0 Å². The second-order valence-corrected chi connectivity index (χ2v) is 5.77. The van der Waals surface area contributed by atoms with Crippen LogP contribution in [0.25, 0.3) is 0 Å². The van der Waals surface area contributed by atoms with Gasteiger partial charge in [0.1, 0.15) is 5.75 Å². The molecule has 0 unspecified atom stereocenters. The van der Waals surface area contributed by atoms with Gasteiger partial charge in [0.25, 0.3) is 5.91 Å². The van der Waals surface area contributed by atoms with E-state index in [2.05, 4.69) is 16.0 Å². The molecule has 1 aliphatic heterocycles. The number of benzene rings is 1. The zero-order valence-electron chi connectivity index (χ0n) is 14.2. The molecule has 6 nitrogen and oxygen atoms in total. The van der Waals surface area contributed by atoms with Crippen LogP contribution in [0, 0.1) is 5.92 Å². The van der Waals surface area contributed by atoms with Gasteiger partial charge in [-0.25, -0.2) is 0 Å². The molecule has 1 aromatic carbocycles. The fraction of sp³-hybridized carbons (Fsp3) is 0.529. The van der Waals surface area contributed by atoms with E-state index in [-0.39, 0.29) is 24.2 Å². The number of nitrogens with one attached hydrogen (secondary N) is 3. The van der Waals surface area contributed by atoms with Crippen molar-refractivity contribution in [3.05, 3.63) is 23.8 Å². The Balaban J connectivity index is 0.00000288. The van der Waals surface area contributed by atoms with E-state index in [0.29, 0.717) is 29.3 Å². The van der Waals surface area contributed by atoms with Crippen molar-refractivity contribution in [2.45, 2.75) is 25.7 Å². The number of ether oxygens (including phenoxy) is 1. The van der Waals surface area contributed by atoms with Crippen LogP contribution in [0.4, 0.5) is 5.69 Å². The van der Waals surface area contributed by atoms with Crippen molar-refractivity contribution in [2.24, 2.45) is 5.92 Å².